The monoisotopic (exact) mass is 454 g/mol. The van der Waals surface area contributed by atoms with Crippen LogP contribution in [0.1, 0.15) is 45.4 Å². The van der Waals surface area contributed by atoms with Crippen molar-refractivity contribution in [1.82, 2.24) is 0 Å². The third-order valence-corrected chi connectivity index (χ3v) is 5.71. The first kappa shape index (κ1) is 26.8. The second-order valence-corrected chi connectivity index (χ2v) is 8.19. The molecule has 184 valence electrons. The van der Waals surface area contributed by atoms with E-state index in [0.29, 0.717) is 6.61 Å². The van der Waals surface area contributed by atoms with Gasteiger partial charge in [-0.2, -0.15) is 0 Å². The molecular weight excluding hydrogens is 416 g/mol. The molecule has 0 radical (unpaired) electrons. The van der Waals surface area contributed by atoms with E-state index in [-0.39, 0.29) is 6.61 Å². The average molecular weight is 455 g/mol. The first-order chi connectivity index (χ1) is 14.8. The standard InChI is InChI=1S/C20H38O11/c1-2-3-4-5-6-7-8-28-10-12-14(23)16(25)18(27)20(30-12)31-19-17(26)15(24)13(22)11(9-21)29-19/h11-27H,2-10H2,1H3/t11-,12-,13-,14-,15+,16+,17-,18-,19-,20-/m1/s1. The van der Waals surface area contributed by atoms with Gasteiger partial charge in [0.2, 0.25) is 0 Å². The molecule has 2 aliphatic rings. The maximum absolute atomic E-state index is 10.2. The highest BCUT2D eigenvalue weighted by Crippen LogP contribution is 2.28. The number of hydrogen-bond donors (Lipinski definition) is 7. The fourth-order valence-electron chi connectivity index (χ4n) is 3.66. The van der Waals surface area contributed by atoms with Gasteiger partial charge in [0.25, 0.3) is 0 Å². The van der Waals surface area contributed by atoms with E-state index in [9.17, 15) is 35.7 Å². The zero-order valence-corrected chi connectivity index (χ0v) is 17.9. The quantitative estimate of drug-likeness (QED) is 0.162. The predicted octanol–water partition coefficient (Wildman–Crippen LogP) is -2.01. The summed E-state index contributed by atoms with van der Waals surface area (Å²) in [5, 5.41) is 69.6. The highest BCUT2D eigenvalue weighted by molar-refractivity contribution is 4.92. The molecule has 0 unspecified atom stereocenters. The average Bonchev–Trinajstić information content (AvgIpc) is 2.76. The summed E-state index contributed by atoms with van der Waals surface area (Å²) in [5.41, 5.74) is 0. The molecule has 0 aromatic rings. The molecule has 0 bridgehead atoms. The van der Waals surface area contributed by atoms with E-state index in [1.54, 1.807) is 0 Å². The van der Waals surface area contributed by atoms with Gasteiger partial charge in [0.15, 0.2) is 12.6 Å². The molecule has 0 amide bonds. The Labute approximate surface area is 182 Å². The summed E-state index contributed by atoms with van der Waals surface area (Å²) in [5.74, 6) is 0. The Morgan fingerprint density at radius 1 is 0.645 bits per heavy atom. The van der Waals surface area contributed by atoms with E-state index in [4.69, 9.17) is 18.9 Å². The van der Waals surface area contributed by atoms with Crippen molar-refractivity contribution in [1.29, 1.82) is 0 Å². The predicted molar refractivity (Wildman–Crippen MR) is 106 cm³/mol. The van der Waals surface area contributed by atoms with Crippen LogP contribution >= 0.6 is 0 Å². The molecule has 0 saturated carbocycles. The summed E-state index contributed by atoms with van der Waals surface area (Å²) in [6, 6.07) is 0. The molecule has 11 nitrogen and oxygen atoms in total. The van der Waals surface area contributed by atoms with Gasteiger partial charge < -0.3 is 54.7 Å². The SMILES string of the molecule is CCCCCCCCOC[C@H]1O[C@H](O[C@H]2O[C@H](CO)[C@@H](O)[C@H](O)[C@H]2O)[C@H](O)[C@@H](O)[C@@H]1O. The molecule has 10 atom stereocenters. The smallest absolute Gasteiger partial charge is 0.189 e. The number of aliphatic hydroxyl groups is 7. The molecule has 0 aliphatic carbocycles. The third-order valence-electron chi connectivity index (χ3n) is 5.71. The minimum absolute atomic E-state index is 0.0472. The Kier molecular flexibility index (Phi) is 11.5. The first-order valence-electron chi connectivity index (χ1n) is 11.0. The number of rotatable bonds is 12. The van der Waals surface area contributed by atoms with Crippen LogP contribution in [-0.2, 0) is 18.9 Å². The largest absolute Gasteiger partial charge is 0.394 e. The topological polar surface area (TPSA) is 179 Å². The van der Waals surface area contributed by atoms with Gasteiger partial charge in [0.1, 0.15) is 48.8 Å². The maximum atomic E-state index is 10.2. The normalized spacial score (nSPS) is 41.4. The van der Waals surface area contributed by atoms with E-state index in [2.05, 4.69) is 6.92 Å². The van der Waals surface area contributed by atoms with Crippen LogP contribution in [0.5, 0.6) is 0 Å². The van der Waals surface area contributed by atoms with E-state index in [0.717, 1.165) is 19.3 Å². The van der Waals surface area contributed by atoms with Crippen molar-refractivity contribution in [2.24, 2.45) is 0 Å². The third kappa shape index (κ3) is 7.27. The van der Waals surface area contributed by atoms with Crippen molar-refractivity contribution in [2.75, 3.05) is 19.8 Å². The second kappa shape index (κ2) is 13.3. The van der Waals surface area contributed by atoms with Crippen molar-refractivity contribution in [3.05, 3.63) is 0 Å². The Hall–Kier alpha value is -0.440. The lowest BCUT2D eigenvalue weighted by Gasteiger charge is -2.44. The lowest BCUT2D eigenvalue weighted by molar-refractivity contribution is -0.377. The van der Waals surface area contributed by atoms with Gasteiger partial charge in [-0.1, -0.05) is 39.0 Å². The Morgan fingerprint density at radius 3 is 1.74 bits per heavy atom. The second-order valence-electron chi connectivity index (χ2n) is 8.19. The molecule has 0 spiro atoms. The number of aliphatic hydroxyl groups excluding tert-OH is 7. The van der Waals surface area contributed by atoms with E-state index in [1.807, 2.05) is 0 Å². The molecule has 2 aliphatic heterocycles. The number of hydrogen-bond acceptors (Lipinski definition) is 11. The van der Waals surface area contributed by atoms with Crippen LogP contribution in [0.15, 0.2) is 0 Å². The van der Waals surface area contributed by atoms with Crippen LogP contribution in [0.4, 0.5) is 0 Å². The van der Waals surface area contributed by atoms with Crippen LogP contribution in [0.25, 0.3) is 0 Å². The molecular formula is C20H38O11. The molecule has 2 saturated heterocycles. The molecule has 0 aromatic carbocycles. The number of ether oxygens (including phenoxy) is 4. The van der Waals surface area contributed by atoms with Gasteiger partial charge >= 0.3 is 0 Å². The van der Waals surface area contributed by atoms with E-state index in [1.165, 1.54) is 19.3 Å². The van der Waals surface area contributed by atoms with Gasteiger partial charge in [0, 0.05) is 6.61 Å². The lowest BCUT2D eigenvalue weighted by atomic mass is 9.98. The zero-order chi connectivity index (χ0) is 23.0. The van der Waals surface area contributed by atoms with Gasteiger partial charge in [-0.25, -0.2) is 0 Å². The summed E-state index contributed by atoms with van der Waals surface area (Å²) in [6.45, 7) is 1.91. The van der Waals surface area contributed by atoms with Gasteiger partial charge in [0.05, 0.1) is 13.2 Å². The fraction of sp³-hybridized carbons (Fsp3) is 1.00. The molecule has 0 aromatic heterocycles. The maximum Gasteiger partial charge on any atom is 0.189 e. The fourth-order valence-corrected chi connectivity index (χ4v) is 3.66. The highest BCUT2D eigenvalue weighted by atomic mass is 16.8. The van der Waals surface area contributed by atoms with Crippen LogP contribution < -0.4 is 0 Å². The lowest BCUT2D eigenvalue weighted by Crippen LogP contribution is -2.63. The molecule has 2 rings (SSSR count). The summed E-state index contributed by atoms with van der Waals surface area (Å²) in [7, 11) is 0. The summed E-state index contributed by atoms with van der Waals surface area (Å²) >= 11 is 0. The minimum Gasteiger partial charge on any atom is -0.394 e. The van der Waals surface area contributed by atoms with E-state index < -0.39 is 68.0 Å². The molecule has 2 heterocycles. The molecule has 7 N–H and O–H groups in total. The summed E-state index contributed by atoms with van der Waals surface area (Å²) in [6.07, 6.45) is -8.32. The van der Waals surface area contributed by atoms with Crippen LogP contribution in [0.2, 0.25) is 0 Å². The van der Waals surface area contributed by atoms with Gasteiger partial charge in [-0.15, -0.1) is 0 Å². The molecule has 2 fully saturated rings. The first-order valence-corrected chi connectivity index (χ1v) is 11.0. The zero-order valence-electron chi connectivity index (χ0n) is 17.9. The van der Waals surface area contributed by atoms with Crippen molar-refractivity contribution < 1.29 is 54.7 Å². The van der Waals surface area contributed by atoms with Crippen molar-refractivity contribution in [2.45, 2.75) is 107 Å². The molecule has 31 heavy (non-hydrogen) atoms. The number of unbranched alkanes of at least 4 members (excludes halogenated alkanes) is 5. The Morgan fingerprint density at radius 2 is 1.16 bits per heavy atom. The minimum atomic E-state index is -1.69. The Balaban J connectivity index is 1.85. The van der Waals surface area contributed by atoms with Crippen LogP contribution in [0, 0.1) is 0 Å². The van der Waals surface area contributed by atoms with Gasteiger partial charge in [-0.3, -0.25) is 0 Å². The molecule has 11 heteroatoms. The van der Waals surface area contributed by atoms with Crippen molar-refractivity contribution >= 4 is 0 Å². The van der Waals surface area contributed by atoms with Crippen molar-refractivity contribution in [3.63, 3.8) is 0 Å². The summed E-state index contributed by atoms with van der Waals surface area (Å²) < 4.78 is 21.7. The highest BCUT2D eigenvalue weighted by Gasteiger charge is 2.49. The summed E-state index contributed by atoms with van der Waals surface area (Å²) in [4.78, 5) is 0. The van der Waals surface area contributed by atoms with Crippen LogP contribution in [0.3, 0.4) is 0 Å². The van der Waals surface area contributed by atoms with Crippen molar-refractivity contribution in [3.8, 4) is 0 Å². The Bertz CT molecular complexity index is 494. The van der Waals surface area contributed by atoms with Gasteiger partial charge in [-0.05, 0) is 6.42 Å². The van der Waals surface area contributed by atoms with Crippen LogP contribution in [-0.4, -0.2) is 117 Å². The van der Waals surface area contributed by atoms with E-state index >= 15 is 0 Å².